The van der Waals surface area contributed by atoms with E-state index in [4.69, 9.17) is 4.74 Å². The summed E-state index contributed by atoms with van der Waals surface area (Å²) in [6.07, 6.45) is 1.49. The standard InChI is InChI=1S/C10H11IO/c1-7-2-3-10-8(4-7)5-9(6-11)12-10/h2-4,9H,5-6H2,1H3/t9-/m1/s1. The van der Waals surface area contributed by atoms with Crippen LogP contribution in [0.15, 0.2) is 18.2 Å². The van der Waals surface area contributed by atoms with Crippen LogP contribution >= 0.6 is 22.6 Å². The van der Waals surface area contributed by atoms with Crippen molar-refractivity contribution in [3.8, 4) is 5.75 Å². The third-order valence-electron chi connectivity index (χ3n) is 2.13. The van der Waals surface area contributed by atoms with Gasteiger partial charge in [-0.25, -0.2) is 0 Å². The molecular weight excluding hydrogens is 263 g/mol. The first-order chi connectivity index (χ1) is 5.79. The molecule has 1 aromatic carbocycles. The fourth-order valence-corrected chi connectivity index (χ4v) is 2.03. The van der Waals surface area contributed by atoms with Crippen molar-refractivity contribution >= 4 is 22.6 Å². The highest BCUT2D eigenvalue weighted by Gasteiger charge is 2.20. The Morgan fingerprint density at radius 1 is 1.58 bits per heavy atom. The zero-order chi connectivity index (χ0) is 8.55. The quantitative estimate of drug-likeness (QED) is 0.565. The molecule has 2 heteroatoms. The van der Waals surface area contributed by atoms with E-state index in [-0.39, 0.29) is 0 Å². The van der Waals surface area contributed by atoms with Crippen molar-refractivity contribution in [3.05, 3.63) is 29.3 Å². The van der Waals surface area contributed by atoms with E-state index >= 15 is 0 Å². The Morgan fingerprint density at radius 3 is 3.17 bits per heavy atom. The lowest BCUT2D eigenvalue weighted by Crippen LogP contribution is -2.13. The zero-order valence-corrected chi connectivity index (χ0v) is 9.17. The highest BCUT2D eigenvalue weighted by molar-refractivity contribution is 14.1. The highest BCUT2D eigenvalue weighted by atomic mass is 127. The summed E-state index contributed by atoms with van der Waals surface area (Å²) in [6.45, 7) is 2.12. The molecule has 1 aliphatic rings. The van der Waals surface area contributed by atoms with Crippen molar-refractivity contribution < 1.29 is 4.74 Å². The Bertz CT molecular complexity index is 296. The van der Waals surface area contributed by atoms with Gasteiger partial charge in [-0.05, 0) is 18.6 Å². The van der Waals surface area contributed by atoms with Gasteiger partial charge in [0.1, 0.15) is 11.9 Å². The Labute approximate surface area is 86.3 Å². The van der Waals surface area contributed by atoms with Crippen LogP contribution in [0.3, 0.4) is 0 Å². The summed E-state index contributed by atoms with van der Waals surface area (Å²) in [4.78, 5) is 0. The smallest absolute Gasteiger partial charge is 0.123 e. The van der Waals surface area contributed by atoms with Gasteiger partial charge >= 0.3 is 0 Å². The maximum Gasteiger partial charge on any atom is 0.123 e. The predicted octanol–water partition coefficient (Wildman–Crippen LogP) is 2.73. The van der Waals surface area contributed by atoms with Gasteiger partial charge in [-0.15, -0.1) is 0 Å². The van der Waals surface area contributed by atoms with Gasteiger partial charge in [0.25, 0.3) is 0 Å². The SMILES string of the molecule is Cc1ccc2c(c1)C[C@H](CI)O2. The first-order valence-electron chi connectivity index (χ1n) is 4.12. The number of fused-ring (bicyclic) bond motifs is 1. The molecule has 1 atom stereocenters. The molecule has 2 rings (SSSR count). The first-order valence-corrected chi connectivity index (χ1v) is 5.64. The summed E-state index contributed by atoms with van der Waals surface area (Å²) >= 11 is 2.37. The van der Waals surface area contributed by atoms with Crippen molar-refractivity contribution in [1.29, 1.82) is 0 Å². The van der Waals surface area contributed by atoms with Crippen molar-refractivity contribution in [3.63, 3.8) is 0 Å². The number of rotatable bonds is 1. The predicted molar refractivity (Wildman–Crippen MR) is 58.2 cm³/mol. The molecule has 0 fully saturated rings. The number of alkyl halides is 1. The summed E-state index contributed by atoms with van der Waals surface area (Å²) in [5.74, 6) is 1.09. The van der Waals surface area contributed by atoms with Gasteiger partial charge in [0.15, 0.2) is 0 Å². The van der Waals surface area contributed by atoms with Crippen molar-refractivity contribution in [2.45, 2.75) is 19.4 Å². The van der Waals surface area contributed by atoms with Crippen LogP contribution in [0.25, 0.3) is 0 Å². The highest BCUT2D eigenvalue weighted by Crippen LogP contribution is 2.29. The van der Waals surface area contributed by atoms with E-state index in [0.717, 1.165) is 16.6 Å². The lowest BCUT2D eigenvalue weighted by atomic mass is 10.1. The summed E-state index contributed by atoms with van der Waals surface area (Å²) in [6, 6.07) is 6.41. The second kappa shape index (κ2) is 3.24. The van der Waals surface area contributed by atoms with Crippen LogP contribution in [0.1, 0.15) is 11.1 Å². The Balaban J connectivity index is 2.30. The topological polar surface area (TPSA) is 9.23 Å². The van der Waals surface area contributed by atoms with E-state index in [1.54, 1.807) is 0 Å². The van der Waals surface area contributed by atoms with Gasteiger partial charge in [0.05, 0.1) is 0 Å². The van der Waals surface area contributed by atoms with Gasteiger partial charge in [0.2, 0.25) is 0 Å². The minimum Gasteiger partial charge on any atom is -0.489 e. The van der Waals surface area contributed by atoms with Crippen molar-refractivity contribution in [2.75, 3.05) is 4.43 Å². The average Bonchev–Trinajstić information content (AvgIpc) is 2.46. The van der Waals surface area contributed by atoms with E-state index in [9.17, 15) is 0 Å². The minimum atomic E-state index is 0.405. The van der Waals surface area contributed by atoms with Gasteiger partial charge in [-0.2, -0.15) is 0 Å². The average molecular weight is 274 g/mol. The molecule has 12 heavy (non-hydrogen) atoms. The molecule has 0 saturated carbocycles. The van der Waals surface area contributed by atoms with Gasteiger partial charge < -0.3 is 4.74 Å². The molecule has 0 aliphatic carbocycles. The molecule has 0 N–H and O–H groups in total. The minimum absolute atomic E-state index is 0.405. The number of hydrogen-bond acceptors (Lipinski definition) is 1. The van der Waals surface area contributed by atoms with Crippen LogP contribution in [0.4, 0.5) is 0 Å². The Kier molecular flexibility index (Phi) is 2.26. The number of aryl methyl sites for hydroxylation is 1. The van der Waals surface area contributed by atoms with Crippen molar-refractivity contribution in [2.24, 2.45) is 0 Å². The maximum atomic E-state index is 5.70. The van der Waals surface area contributed by atoms with E-state index in [0.29, 0.717) is 6.10 Å². The summed E-state index contributed by atoms with van der Waals surface area (Å²) in [5.41, 5.74) is 2.70. The molecule has 0 bridgehead atoms. The van der Waals surface area contributed by atoms with Crippen LogP contribution in [0.2, 0.25) is 0 Å². The molecule has 0 unspecified atom stereocenters. The van der Waals surface area contributed by atoms with Crippen LogP contribution < -0.4 is 4.74 Å². The van der Waals surface area contributed by atoms with E-state index in [1.165, 1.54) is 11.1 Å². The lowest BCUT2D eigenvalue weighted by Gasteiger charge is -2.04. The van der Waals surface area contributed by atoms with Crippen LogP contribution in [-0.2, 0) is 6.42 Å². The van der Waals surface area contributed by atoms with E-state index in [1.807, 2.05) is 0 Å². The largest absolute Gasteiger partial charge is 0.489 e. The fourth-order valence-electron chi connectivity index (χ4n) is 1.54. The molecule has 0 aromatic heterocycles. The Morgan fingerprint density at radius 2 is 2.42 bits per heavy atom. The van der Waals surface area contributed by atoms with Gasteiger partial charge in [-0.1, -0.05) is 40.3 Å². The molecule has 64 valence electrons. The number of benzene rings is 1. The Hall–Kier alpha value is -0.250. The van der Waals surface area contributed by atoms with Crippen LogP contribution in [0, 0.1) is 6.92 Å². The summed E-state index contributed by atoms with van der Waals surface area (Å²) < 4.78 is 6.78. The molecule has 1 nitrogen and oxygen atoms in total. The third-order valence-corrected chi connectivity index (χ3v) is 3.11. The molecule has 0 radical (unpaired) electrons. The number of ether oxygens (including phenoxy) is 1. The van der Waals surface area contributed by atoms with E-state index in [2.05, 4.69) is 47.7 Å². The fraction of sp³-hybridized carbons (Fsp3) is 0.400. The molecular formula is C10H11IO. The second-order valence-electron chi connectivity index (χ2n) is 3.21. The molecule has 0 saturated heterocycles. The molecule has 1 heterocycles. The zero-order valence-electron chi connectivity index (χ0n) is 7.01. The number of hydrogen-bond donors (Lipinski definition) is 0. The van der Waals surface area contributed by atoms with Gasteiger partial charge in [0, 0.05) is 10.8 Å². The first kappa shape index (κ1) is 8.35. The number of halogens is 1. The molecule has 1 aliphatic heterocycles. The normalized spacial score (nSPS) is 20.3. The second-order valence-corrected chi connectivity index (χ2v) is 4.09. The van der Waals surface area contributed by atoms with Crippen LogP contribution in [-0.4, -0.2) is 10.5 Å². The monoisotopic (exact) mass is 274 g/mol. The summed E-state index contributed by atoms with van der Waals surface area (Å²) in [7, 11) is 0. The van der Waals surface area contributed by atoms with E-state index < -0.39 is 0 Å². The molecule has 1 aromatic rings. The van der Waals surface area contributed by atoms with Crippen molar-refractivity contribution in [1.82, 2.24) is 0 Å². The lowest BCUT2D eigenvalue weighted by molar-refractivity contribution is 0.262. The van der Waals surface area contributed by atoms with Crippen LogP contribution in [0.5, 0.6) is 5.75 Å². The maximum absolute atomic E-state index is 5.70. The summed E-state index contributed by atoms with van der Waals surface area (Å²) in [5, 5.41) is 0. The van der Waals surface area contributed by atoms with Gasteiger partial charge in [-0.3, -0.25) is 0 Å². The molecule has 0 spiro atoms. The molecule has 0 amide bonds. The third kappa shape index (κ3) is 1.44.